The highest BCUT2D eigenvalue weighted by molar-refractivity contribution is 6.02. The third kappa shape index (κ3) is 5.33. The number of pyridine rings is 1. The number of hydrogen-bond donors (Lipinski definition) is 3. The van der Waals surface area contributed by atoms with Crippen LogP contribution in [-0.4, -0.2) is 48.3 Å². The minimum absolute atomic E-state index is 0.0145. The Labute approximate surface area is 149 Å². The maximum atomic E-state index is 12.0. The SMILES string of the molecule is COC(=O)COc1ccc(NC(=O)NCCCC(=O)O)c2cccnc12. The Morgan fingerprint density at radius 3 is 2.77 bits per heavy atom. The first-order valence-electron chi connectivity index (χ1n) is 7.85. The molecule has 1 heterocycles. The van der Waals surface area contributed by atoms with E-state index in [1.54, 1.807) is 30.5 Å². The minimum Gasteiger partial charge on any atom is -0.481 e. The predicted octanol–water partition coefficient (Wildman–Crippen LogP) is 1.77. The quantitative estimate of drug-likeness (QED) is 0.483. The molecule has 1 aromatic heterocycles. The van der Waals surface area contributed by atoms with Crippen molar-refractivity contribution in [2.24, 2.45) is 0 Å². The van der Waals surface area contributed by atoms with E-state index in [4.69, 9.17) is 9.84 Å². The number of aromatic nitrogens is 1. The van der Waals surface area contributed by atoms with Crippen LogP contribution in [0.4, 0.5) is 10.5 Å². The van der Waals surface area contributed by atoms with Crippen molar-refractivity contribution in [2.75, 3.05) is 25.6 Å². The number of carbonyl (C=O) groups excluding carboxylic acids is 2. The number of urea groups is 1. The molecule has 0 atom stereocenters. The number of nitrogens with one attached hydrogen (secondary N) is 2. The highest BCUT2D eigenvalue weighted by Crippen LogP contribution is 2.29. The maximum Gasteiger partial charge on any atom is 0.343 e. The number of ether oxygens (including phenoxy) is 2. The molecule has 9 nitrogen and oxygen atoms in total. The molecule has 0 saturated carbocycles. The van der Waals surface area contributed by atoms with Crippen molar-refractivity contribution in [2.45, 2.75) is 12.8 Å². The molecule has 2 amide bonds. The van der Waals surface area contributed by atoms with E-state index in [9.17, 15) is 14.4 Å². The molecule has 0 bridgehead atoms. The molecule has 2 aromatic rings. The summed E-state index contributed by atoms with van der Waals surface area (Å²) in [6.45, 7) is -0.00630. The van der Waals surface area contributed by atoms with Crippen LogP contribution in [0.5, 0.6) is 5.75 Å². The summed E-state index contributed by atoms with van der Waals surface area (Å²) in [6.07, 6.45) is 1.90. The second kappa shape index (κ2) is 9.21. The molecule has 3 N–H and O–H groups in total. The van der Waals surface area contributed by atoms with Gasteiger partial charge in [0.2, 0.25) is 0 Å². The van der Waals surface area contributed by atoms with Crippen LogP contribution >= 0.6 is 0 Å². The van der Waals surface area contributed by atoms with Gasteiger partial charge in [0.25, 0.3) is 0 Å². The van der Waals surface area contributed by atoms with Crippen molar-refractivity contribution in [3.05, 3.63) is 30.5 Å². The molecular formula is C17H19N3O6. The number of amides is 2. The number of nitrogens with zero attached hydrogens (tertiary/aromatic N) is 1. The van der Waals surface area contributed by atoms with Crippen LogP contribution < -0.4 is 15.4 Å². The Balaban J connectivity index is 2.07. The van der Waals surface area contributed by atoms with Gasteiger partial charge in [-0.3, -0.25) is 9.78 Å². The lowest BCUT2D eigenvalue weighted by atomic mass is 10.1. The Kier molecular flexibility index (Phi) is 6.72. The van der Waals surface area contributed by atoms with E-state index in [0.717, 1.165) is 0 Å². The van der Waals surface area contributed by atoms with Gasteiger partial charge in [0, 0.05) is 24.5 Å². The summed E-state index contributed by atoms with van der Waals surface area (Å²) < 4.78 is 9.95. The van der Waals surface area contributed by atoms with E-state index < -0.39 is 18.0 Å². The molecule has 0 saturated heterocycles. The lowest BCUT2D eigenvalue weighted by Crippen LogP contribution is -2.29. The number of aliphatic carboxylic acids is 1. The predicted molar refractivity (Wildman–Crippen MR) is 93.1 cm³/mol. The summed E-state index contributed by atoms with van der Waals surface area (Å²) in [7, 11) is 1.27. The van der Waals surface area contributed by atoms with Crippen LogP contribution in [0.3, 0.4) is 0 Å². The van der Waals surface area contributed by atoms with E-state index in [1.165, 1.54) is 7.11 Å². The number of anilines is 1. The molecule has 0 fully saturated rings. The summed E-state index contributed by atoms with van der Waals surface area (Å²) in [6, 6.07) is 6.24. The fraction of sp³-hybridized carbons (Fsp3) is 0.294. The monoisotopic (exact) mass is 361 g/mol. The normalized spacial score (nSPS) is 10.2. The van der Waals surface area contributed by atoms with Crippen molar-refractivity contribution < 1.29 is 29.0 Å². The molecule has 1 aromatic carbocycles. The number of esters is 1. The third-order valence-corrected chi connectivity index (χ3v) is 3.41. The lowest BCUT2D eigenvalue weighted by molar-refractivity contribution is -0.143. The highest BCUT2D eigenvalue weighted by Gasteiger charge is 2.12. The van der Waals surface area contributed by atoms with Gasteiger partial charge in [-0.1, -0.05) is 0 Å². The Morgan fingerprint density at radius 2 is 2.04 bits per heavy atom. The minimum atomic E-state index is -0.910. The van der Waals surface area contributed by atoms with Gasteiger partial charge < -0.3 is 25.2 Å². The van der Waals surface area contributed by atoms with Gasteiger partial charge >= 0.3 is 18.0 Å². The van der Waals surface area contributed by atoms with Crippen LogP contribution in [0.2, 0.25) is 0 Å². The molecule has 26 heavy (non-hydrogen) atoms. The number of carboxylic acid groups (broad SMARTS) is 1. The van der Waals surface area contributed by atoms with Gasteiger partial charge in [0.1, 0.15) is 11.3 Å². The zero-order valence-electron chi connectivity index (χ0n) is 14.2. The van der Waals surface area contributed by atoms with Crippen molar-refractivity contribution in [3.8, 4) is 5.75 Å². The number of methoxy groups -OCH3 is 1. The van der Waals surface area contributed by atoms with Gasteiger partial charge in [0.15, 0.2) is 6.61 Å². The van der Waals surface area contributed by atoms with Crippen molar-refractivity contribution in [1.29, 1.82) is 0 Å². The first-order valence-corrected chi connectivity index (χ1v) is 7.85. The average molecular weight is 361 g/mol. The summed E-state index contributed by atoms with van der Waals surface area (Å²) in [4.78, 5) is 37.9. The van der Waals surface area contributed by atoms with E-state index in [2.05, 4.69) is 20.4 Å². The largest absolute Gasteiger partial charge is 0.481 e. The van der Waals surface area contributed by atoms with Gasteiger partial charge in [-0.05, 0) is 30.7 Å². The topological polar surface area (TPSA) is 127 Å². The Bertz CT molecular complexity index is 808. The molecular weight excluding hydrogens is 342 g/mol. The van der Waals surface area contributed by atoms with Crippen LogP contribution in [-0.2, 0) is 14.3 Å². The van der Waals surface area contributed by atoms with Crippen LogP contribution in [0.15, 0.2) is 30.5 Å². The summed E-state index contributed by atoms with van der Waals surface area (Å²) in [5.74, 6) is -1.04. The van der Waals surface area contributed by atoms with Crippen LogP contribution in [0.1, 0.15) is 12.8 Å². The molecule has 0 unspecified atom stereocenters. The summed E-state index contributed by atoms with van der Waals surface area (Å²) >= 11 is 0. The van der Waals surface area contributed by atoms with Crippen molar-refractivity contribution in [1.82, 2.24) is 10.3 Å². The number of benzene rings is 1. The van der Waals surface area contributed by atoms with Gasteiger partial charge in [-0.2, -0.15) is 0 Å². The first kappa shape index (κ1) is 19.0. The van der Waals surface area contributed by atoms with Gasteiger partial charge in [-0.25, -0.2) is 9.59 Å². The standard InChI is InChI=1S/C17H19N3O6/c1-25-15(23)10-26-13-7-6-12(11-4-2-8-18-16(11)13)20-17(24)19-9-3-5-14(21)22/h2,4,6-8H,3,5,9-10H2,1H3,(H,21,22)(H2,19,20,24). The first-order chi connectivity index (χ1) is 12.5. The molecule has 0 aliphatic carbocycles. The molecule has 138 valence electrons. The molecule has 0 aliphatic heterocycles. The Hall–Kier alpha value is -3.36. The summed E-state index contributed by atoms with van der Waals surface area (Å²) in [5.41, 5.74) is 0.995. The maximum absolute atomic E-state index is 12.0. The molecule has 2 rings (SSSR count). The highest BCUT2D eigenvalue weighted by atomic mass is 16.6. The van der Waals surface area contributed by atoms with E-state index in [-0.39, 0.29) is 19.6 Å². The second-order valence-electron chi connectivity index (χ2n) is 5.25. The van der Waals surface area contributed by atoms with Crippen LogP contribution in [0.25, 0.3) is 10.9 Å². The fourth-order valence-electron chi connectivity index (χ4n) is 2.18. The van der Waals surface area contributed by atoms with Crippen molar-refractivity contribution in [3.63, 3.8) is 0 Å². The smallest absolute Gasteiger partial charge is 0.343 e. The number of carbonyl (C=O) groups is 3. The van der Waals surface area contributed by atoms with Gasteiger partial charge in [0.05, 0.1) is 12.8 Å². The molecule has 9 heteroatoms. The van der Waals surface area contributed by atoms with Crippen molar-refractivity contribution >= 4 is 34.6 Å². The van der Waals surface area contributed by atoms with E-state index in [1.807, 2.05) is 0 Å². The molecule has 0 aliphatic rings. The second-order valence-corrected chi connectivity index (χ2v) is 5.25. The fourth-order valence-corrected chi connectivity index (χ4v) is 2.18. The Morgan fingerprint density at radius 1 is 1.23 bits per heavy atom. The van der Waals surface area contributed by atoms with E-state index in [0.29, 0.717) is 28.8 Å². The summed E-state index contributed by atoms with van der Waals surface area (Å²) in [5, 5.41) is 14.5. The number of carboxylic acids is 1. The van der Waals surface area contributed by atoms with Crippen LogP contribution in [0, 0.1) is 0 Å². The molecule has 0 spiro atoms. The average Bonchev–Trinajstić information content (AvgIpc) is 2.64. The number of rotatable bonds is 8. The zero-order valence-corrected chi connectivity index (χ0v) is 14.2. The number of hydrogen-bond acceptors (Lipinski definition) is 6. The van der Waals surface area contributed by atoms with Gasteiger partial charge in [-0.15, -0.1) is 0 Å². The number of fused-ring (bicyclic) bond motifs is 1. The molecule has 0 radical (unpaired) electrons. The third-order valence-electron chi connectivity index (χ3n) is 3.41. The lowest BCUT2D eigenvalue weighted by Gasteiger charge is -2.12. The van der Waals surface area contributed by atoms with E-state index >= 15 is 0 Å². The zero-order chi connectivity index (χ0) is 18.9.